The molecule has 0 unspecified atom stereocenters. The lowest BCUT2D eigenvalue weighted by Crippen LogP contribution is -2.48. The van der Waals surface area contributed by atoms with Crippen LogP contribution in [0.3, 0.4) is 0 Å². The van der Waals surface area contributed by atoms with Crippen LogP contribution in [0.4, 0.5) is 10.1 Å². The van der Waals surface area contributed by atoms with Crippen molar-refractivity contribution in [2.45, 2.75) is 40.3 Å². The van der Waals surface area contributed by atoms with Crippen LogP contribution in [0, 0.1) is 19.7 Å². The predicted molar refractivity (Wildman–Crippen MR) is 102 cm³/mol. The number of anilines is 1. The van der Waals surface area contributed by atoms with Crippen LogP contribution in [0.5, 0.6) is 0 Å². The molecule has 0 atom stereocenters. The van der Waals surface area contributed by atoms with Gasteiger partial charge in [0.1, 0.15) is 11.5 Å². The summed E-state index contributed by atoms with van der Waals surface area (Å²) in [5.41, 5.74) is 5.55. The number of aryl methyl sites for hydroxylation is 2. The van der Waals surface area contributed by atoms with E-state index in [1.807, 2.05) is 51.8 Å². The van der Waals surface area contributed by atoms with E-state index in [0.29, 0.717) is 12.2 Å². The Morgan fingerprint density at radius 3 is 2.64 bits per heavy atom. The number of para-hydroxylation sites is 1. The maximum absolute atomic E-state index is 14.8. The highest BCUT2D eigenvalue weighted by Crippen LogP contribution is 2.38. The molecule has 0 aliphatic carbocycles. The second kappa shape index (κ2) is 6.10. The summed E-state index contributed by atoms with van der Waals surface area (Å²) in [4.78, 5) is 11.4. The molecule has 2 heterocycles. The van der Waals surface area contributed by atoms with E-state index in [1.54, 1.807) is 6.07 Å². The standard InChI is InChI=1S/C21H24FN3/c1-13(2)12-25-20-17(8-7-9-18(20)22)19(24-21(25,5)6)16-10-14(3)15(4)23-11-16/h7-11H,1,12H2,2-6H3. The van der Waals surface area contributed by atoms with Crippen molar-refractivity contribution in [2.75, 3.05) is 11.4 Å². The minimum atomic E-state index is -0.581. The lowest BCUT2D eigenvalue weighted by molar-refractivity contribution is 0.476. The molecule has 0 N–H and O–H groups in total. The first kappa shape index (κ1) is 17.3. The van der Waals surface area contributed by atoms with Crippen molar-refractivity contribution in [1.29, 1.82) is 0 Å². The molecule has 130 valence electrons. The number of aliphatic imine (C=N–C) groups is 1. The van der Waals surface area contributed by atoms with Crippen LogP contribution in [-0.4, -0.2) is 22.9 Å². The van der Waals surface area contributed by atoms with Crippen molar-refractivity contribution >= 4 is 11.4 Å². The van der Waals surface area contributed by atoms with Crippen LogP contribution < -0.4 is 4.90 Å². The smallest absolute Gasteiger partial charge is 0.147 e. The van der Waals surface area contributed by atoms with Gasteiger partial charge in [0.2, 0.25) is 0 Å². The monoisotopic (exact) mass is 337 g/mol. The summed E-state index contributed by atoms with van der Waals surface area (Å²) < 4.78 is 14.8. The fourth-order valence-corrected chi connectivity index (χ4v) is 3.18. The van der Waals surface area contributed by atoms with E-state index >= 15 is 0 Å². The minimum absolute atomic E-state index is 0.240. The van der Waals surface area contributed by atoms with E-state index in [1.165, 1.54) is 6.07 Å². The van der Waals surface area contributed by atoms with Gasteiger partial charge < -0.3 is 4.90 Å². The number of rotatable bonds is 3. The second-order valence-corrected chi connectivity index (χ2v) is 7.26. The number of nitrogens with zero attached hydrogens (tertiary/aromatic N) is 3. The second-order valence-electron chi connectivity index (χ2n) is 7.26. The molecule has 25 heavy (non-hydrogen) atoms. The largest absolute Gasteiger partial charge is 0.341 e. The maximum atomic E-state index is 14.8. The lowest BCUT2D eigenvalue weighted by Gasteiger charge is -2.42. The summed E-state index contributed by atoms with van der Waals surface area (Å²) in [5, 5.41) is 0. The molecular formula is C21H24FN3. The molecule has 0 radical (unpaired) electrons. The minimum Gasteiger partial charge on any atom is -0.341 e. The first-order chi connectivity index (χ1) is 11.7. The summed E-state index contributed by atoms with van der Waals surface area (Å²) >= 11 is 0. The van der Waals surface area contributed by atoms with E-state index in [9.17, 15) is 4.39 Å². The summed E-state index contributed by atoms with van der Waals surface area (Å²) in [6.45, 7) is 14.5. The van der Waals surface area contributed by atoms with Gasteiger partial charge in [0.25, 0.3) is 0 Å². The number of hydrogen-bond acceptors (Lipinski definition) is 3. The Morgan fingerprint density at radius 1 is 1.28 bits per heavy atom. The maximum Gasteiger partial charge on any atom is 0.147 e. The third kappa shape index (κ3) is 3.09. The Kier molecular flexibility index (Phi) is 4.23. The number of pyridine rings is 1. The number of benzene rings is 1. The van der Waals surface area contributed by atoms with Crippen molar-refractivity contribution in [3.63, 3.8) is 0 Å². The van der Waals surface area contributed by atoms with Crippen LogP contribution in [0.15, 0.2) is 47.6 Å². The first-order valence-electron chi connectivity index (χ1n) is 8.45. The summed E-state index contributed by atoms with van der Waals surface area (Å²) in [7, 11) is 0. The fourth-order valence-electron chi connectivity index (χ4n) is 3.18. The number of halogens is 1. The van der Waals surface area contributed by atoms with Gasteiger partial charge in [-0.25, -0.2) is 4.39 Å². The van der Waals surface area contributed by atoms with E-state index in [2.05, 4.69) is 17.6 Å². The summed E-state index contributed by atoms with van der Waals surface area (Å²) in [5.74, 6) is -0.240. The molecule has 0 fully saturated rings. The van der Waals surface area contributed by atoms with Crippen molar-refractivity contribution in [3.8, 4) is 0 Å². The van der Waals surface area contributed by atoms with Crippen molar-refractivity contribution in [3.05, 3.63) is 70.8 Å². The van der Waals surface area contributed by atoms with Gasteiger partial charge in [-0.3, -0.25) is 9.98 Å². The highest BCUT2D eigenvalue weighted by atomic mass is 19.1. The van der Waals surface area contributed by atoms with Crippen LogP contribution in [0.1, 0.15) is 43.2 Å². The lowest BCUT2D eigenvalue weighted by atomic mass is 9.94. The molecule has 1 aliphatic rings. The number of aromatic nitrogens is 1. The molecule has 3 nitrogen and oxygen atoms in total. The van der Waals surface area contributed by atoms with E-state index in [-0.39, 0.29) is 5.82 Å². The van der Waals surface area contributed by atoms with Gasteiger partial charge in [-0.15, -0.1) is 0 Å². The molecule has 1 aromatic heterocycles. The third-order valence-electron chi connectivity index (χ3n) is 4.60. The van der Waals surface area contributed by atoms with Gasteiger partial charge in [-0.05, 0) is 52.3 Å². The van der Waals surface area contributed by atoms with Gasteiger partial charge in [0.05, 0.1) is 11.4 Å². The van der Waals surface area contributed by atoms with Crippen LogP contribution in [-0.2, 0) is 0 Å². The Bertz CT molecular complexity index is 881. The SMILES string of the molecule is C=C(C)CN1c2c(F)cccc2C(c2cnc(C)c(C)c2)=NC1(C)C. The topological polar surface area (TPSA) is 28.5 Å². The predicted octanol–water partition coefficient (Wildman–Crippen LogP) is 4.81. The van der Waals surface area contributed by atoms with Gasteiger partial charge in [-0.2, -0.15) is 0 Å². The van der Waals surface area contributed by atoms with E-state index < -0.39 is 5.66 Å². The van der Waals surface area contributed by atoms with Crippen molar-refractivity contribution < 1.29 is 4.39 Å². The van der Waals surface area contributed by atoms with Gasteiger partial charge in [0.15, 0.2) is 0 Å². The molecule has 0 amide bonds. The van der Waals surface area contributed by atoms with Crippen LogP contribution in [0.25, 0.3) is 0 Å². The molecule has 1 aromatic carbocycles. The van der Waals surface area contributed by atoms with Gasteiger partial charge in [0, 0.05) is 29.6 Å². The average Bonchev–Trinajstić information content (AvgIpc) is 2.52. The zero-order valence-electron chi connectivity index (χ0n) is 15.5. The Hall–Kier alpha value is -2.49. The molecule has 1 aliphatic heterocycles. The summed E-state index contributed by atoms with van der Waals surface area (Å²) in [6.07, 6.45) is 1.82. The molecule has 4 heteroatoms. The molecule has 0 saturated carbocycles. The molecule has 2 aromatic rings. The highest BCUT2D eigenvalue weighted by Gasteiger charge is 2.36. The fraction of sp³-hybridized carbons (Fsp3) is 0.333. The third-order valence-corrected chi connectivity index (χ3v) is 4.60. The van der Waals surface area contributed by atoms with E-state index in [0.717, 1.165) is 33.7 Å². The number of fused-ring (bicyclic) bond motifs is 1. The summed E-state index contributed by atoms with van der Waals surface area (Å²) in [6, 6.07) is 7.23. The molecule has 0 spiro atoms. The van der Waals surface area contributed by atoms with Gasteiger partial charge >= 0.3 is 0 Å². The molecule has 0 saturated heterocycles. The highest BCUT2D eigenvalue weighted by molar-refractivity contribution is 6.17. The Balaban J connectivity index is 2.24. The molecule has 0 bridgehead atoms. The normalized spacial score (nSPS) is 15.6. The quantitative estimate of drug-likeness (QED) is 0.752. The average molecular weight is 337 g/mol. The molecule has 3 rings (SSSR count). The Labute approximate surface area is 148 Å². The van der Waals surface area contributed by atoms with Crippen LogP contribution >= 0.6 is 0 Å². The number of hydrogen-bond donors (Lipinski definition) is 0. The Morgan fingerprint density at radius 2 is 2.00 bits per heavy atom. The van der Waals surface area contributed by atoms with Crippen LogP contribution in [0.2, 0.25) is 0 Å². The zero-order chi connectivity index (χ0) is 18.4. The van der Waals surface area contributed by atoms with E-state index in [4.69, 9.17) is 4.99 Å². The first-order valence-corrected chi connectivity index (χ1v) is 8.45. The zero-order valence-corrected chi connectivity index (χ0v) is 15.5. The van der Waals surface area contributed by atoms with Gasteiger partial charge in [-0.1, -0.05) is 24.3 Å². The van der Waals surface area contributed by atoms with Crippen molar-refractivity contribution in [1.82, 2.24) is 4.98 Å². The van der Waals surface area contributed by atoms with Crippen molar-refractivity contribution in [2.24, 2.45) is 4.99 Å². The molecular weight excluding hydrogens is 313 g/mol.